The van der Waals surface area contributed by atoms with Gasteiger partial charge in [0.15, 0.2) is 5.69 Å². The molecule has 6 nitrogen and oxygen atoms in total. The average Bonchev–Trinajstić information content (AvgIpc) is 3.31. The number of nitrogens with zero attached hydrogens (tertiary/aromatic N) is 2. The first-order valence-corrected chi connectivity index (χ1v) is 8.49. The Morgan fingerprint density at radius 3 is 3.00 bits per heavy atom. The van der Waals surface area contributed by atoms with Gasteiger partial charge in [0.1, 0.15) is 11.9 Å². The number of carbonyl (C=O) groups is 1. The number of aryl methyl sites for hydroxylation is 1. The summed E-state index contributed by atoms with van der Waals surface area (Å²) in [5.41, 5.74) is 4.50. The highest BCUT2D eigenvalue weighted by atomic mass is 19.1. The van der Waals surface area contributed by atoms with Crippen molar-refractivity contribution in [2.75, 3.05) is 6.54 Å². The quantitative estimate of drug-likeness (QED) is 0.874. The molecule has 0 spiro atoms. The summed E-state index contributed by atoms with van der Waals surface area (Å²) in [7, 11) is 0. The van der Waals surface area contributed by atoms with Crippen molar-refractivity contribution >= 4 is 11.6 Å². The lowest BCUT2D eigenvalue weighted by molar-refractivity contribution is 0.0750. The Labute approximate surface area is 144 Å². The lowest BCUT2D eigenvalue weighted by atomic mass is 10.0. The van der Waals surface area contributed by atoms with Crippen molar-refractivity contribution in [1.29, 1.82) is 0 Å². The summed E-state index contributed by atoms with van der Waals surface area (Å²) in [5, 5.41) is 14.0. The molecule has 7 heteroatoms. The molecule has 130 valence electrons. The summed E-state index contributed by atoms with van der Waals surface area (Å²) in [5.74, 6) is -0.422. The van der Waals surface area contributed by atoms with E-state index in [0.717, 1.165) is 41.8 Å². The number of H-pyrrole nitrogens is 1. The van der Waals surface area contributed by atoms with Gasteiger partial charge in [-0.3, -0.25) is 9.89 Å². The first-order chi connectivity index (χ1) is 12.2. The number of nitrogens with one attached hydrogen (secondary N) is 2. The Hall–Kier alpha value is -2.70. The fourth-order valence-electron chi connectivity index (χ4n) is 3.34. The van der Waals surface area contributed by atoms with E-state index in [-0.39, 0.29) is 17.8 Å². The van der Waals surface area contributed by atoms with E-state index in [1.165, 1.54) is 12.1 Å². The second-order valence-corrected chi connectivity index (χ2v) is 6.49. The zero-order valence-corrected chi connectivity index (χ0v) is 13.7. The number of aromatic amines is 1. The topological polar surface area (TPSA) is 79.4 Å². The van der Waals surface area contributed by atoms with Gasteiger partial charge in [-0.2, -0.15) is 5.10 Å². The molecule has 1 aromatic heterocycles. The minimum absolute atomic E-state index is 0.171. The summed E-state index contributed by atoms with van der Waals surface area (Å²) in [6, 6.07) is 6.35. The van der Waals surface area contributed by atoms with Gasteiger partial charge in [0, 0.05) is 24.1 Å². The number of hydrogen-bond donors (Lipinski definition) is 2. The summed E-state index contributed by atoms with van der Waals surface area (Å²) in [6.07, 6.45) is 4.03. The molecule has 0 fully saturated rings. The van der Waals surface area contributed by atoms with E-state index < -0.39 is 0 Å². The highest BCUT2D eigenvalue weighted by Crippen LogP contribution is 2.22. The Balaban J connectivity index is 1.27. The van der Waals surface area contributed by atoms with Crippen molar-refractivity contribution in [3.05, 3.63) is 52.6 Å². The van der Waals surface area contributed by atoms with Crippen LogP contribution in [0, 0.1) is 5.82 Å². The molecular formula is C18H19FN4O2. The maximum atomic E-state index is 12.9. The van der Waals surface area contributed by atoms with E-state index in [9.17, 15) is 9.18 Å². The number of fused-ring (bicyclic) bond motifs is 1. The lowest BCUT2D eigenvalue weighted by Gasteiger charge is -2.09. The molecule has 1 unspecified atom stereocenters. The van der Waals surface area contributed by atoms with Crippen LogP contribution in [-0.2, 0) is 24.1 Å². The Morgan fingerprint density at radius 1 is 1.32 bits per heavy atom. The molecule has 4 rings (SSSR count). The minimum atomic E-state index is -0.251. The van der Waals surface area contributed by atoms with E-state index in [1.54, 1.807) is 12.1 Å². The molecule has 0 bridgehead atoms. The third kappa shape index (κ3) is 3.40. The van der Waals surface area contributed by atoms with Crippen LogP contribution in [0.15, 0.2) is 29.4 Å². The number of rotatable bonds is 5. The summed E-state index contributed by atoms with van der Waals surface area (Å²) in [6.45, 7) is 0.386. The average molecular weight is 342 g/mol. The van der Waals surface area contributed by atoms with Gasteiger partial charge in [0.05, 0.1) is 12.3 Å². The number of carbonyl (C=O) groups excluding carboxylic acids is 1. The lowest BCUT2D eigenvalue weighted by Crippen LogP contribution is -2.33. The third-order valence-corrected chi connectivity index (χ3v) is 4.63. The van der Waals surface area contributed by atoms with E-state index in [0.29, 0.717) is 25.1 Å². The Bertz CT molecular complexity index is 813. The fourth-order valence-corrected chi connectivity index (χ4v) is 3.34. The summed E-state index contributed by atoms with van der Waals surface area (Å²) >= 11 is 0. The number of aromatic nitrogens is 2. The van der Waals surface area contributed by atoms with Crippen LogP contribution in [0.2, 0.25) is 0 Å². The highest BCUT2D eigenvalue weighted by molar-refractivity contribution is 5.94. The van der Waals surface area contributed by atoms with Crippen LogP contribution < -0.4 is 5.32 Å². The molecule has 2 N–H and O–H groups in total. The van der Waals surface area contributed by atoms with Gasteiger partial charge in [-0.25, -0.2) is 4.39 Å². The molecule has 1 aliphatic carbocycles. The van der Waals surface area contributed by atoms with Gasteiger partial charge in [0.25, 0.3) is 5.91 Å². The van der Waals surface area contributed by atoms with Gasteiger partial charge in [0.2, 0.25) is 0 Å². The second-order valence-electron chi connectivity index (χ2n) is 6.49. The van der Waals surface area contributed by atoms with E-state index in [4.69, 9.17) is 4.84 Å². The predicted octanol–water partition coefficient (Wildman–Crippen LogP) is 2.15. The number of oxime groups is 1. The van der Waals surface area contributed by atoms with Crippen LogP contribution in [-0.4, -0.2) is 34.5 Å². The predicted molar refractivity (Wildman–Crippen MR) is 90.0 cm³/mol. The molecule has 1 aromatic carbocycles. The second kappa shape index (κ2) is 6.66. The van der Waals surface area contributed by atoms with Gasteiger partial charge < -0.3 is 10.2 Å². The van der Waals surface area contributed by atoms with Crippen LogP contribution in [0.5, 0.6) is 0 Å². The highest BCUT2D eigenvalue weighted by Gasteiger charge is 2.25. The summed E-state index contributed by atoms with van der Waals surface area (Å²) in [4.78, 5) is 17.7. The SMILES string of the molecule is O=C(NCC1CC(Cc2ccc(F)cc2)=NO1)c1n[nH]c2c1CCC2. The van der Waals surface area contributed by atoms with Crippen molar-refractivity contribution in [2.45, 2.75) is 38.2 Å². The normalized spacial score (nSPS) is 18.6. The smallest absolute Gasteiger partial charge is 0.272 e. The van der Waals surface area contributed by atoms with Crippen molar-refractivity contribution in [3.8, 4) is 0 Å². The number of halogens is 1. The number of hydrogen-bond acceptors (Lipinski definition) is 4. The van der Waals surface area contributed by atoms with Crippen LogP contribution in [0.25, 0.3) is 0 Å². The molecule has 0 saturated carbocycles. The molecule has 0 saturated heterocycles. The van der Waals surface area contributed by atoms with E-state index >= 15 is 0 Å². The van der Waals surface area contributed by atoms with Crippen molar-refractivity contribution in [1.82, 2.24) is 15.5 Å². The monoisotopic (exact) mass is 342 g/mol. The molecule has 2 heterocycles. The molecule has 0 radical (unpaired) electrons. The van der Waals surface area contributed by atoms with Crippen LogP contribution in [0.4, 0.5) is 4.39 Å². The van der Waals surface area contributed by atoms with Crippen LogP contribution in [0.1, 0.15) is 40.2 Å². The molecule has 1 aliphatic heterocycles. The fraction of sp³-hybridized carbons (Fsp3) is 0.389. The maximum absolute atomic E-state index is 12.9. The molecule has 25 heavy (non-hydrogen) atoms. The standard InChI is InChI=1S/C18H19FN4O2/c19-12-6-4-11(5-7-12)8-13-9-14(25-23-13)10-20-18(24)17-15-2-1-3-16(15)21-22-17/h4-7,14H,1-3,8-10H2,(H,20,24)(H,21,22). The van der Waals surface area contributed by atoms with Crippen LogP contribution in [0.3, 0.4) is 0 Å². The Kier molecular flexibility index (Phi) is 4.21. The largest absolute Gasteiger partial charge is 0.390 e. The van der Waals surface area contributed by atoms with Gasteiger partial charge in [-0.05, 0) is 37.0 Å². The van der Waals surface area contributed by atoms with Gasteiger partial charge in [-0.1, -0.05) is 17.3 Å². The first kappa shape index (κ1) is 15.8. The van der Waals surface area contributed by atoms with E-state index in [2.05, 4.69) is 20.7 Å². The molecule has 2 aromatic rings. The van der Waals surface area contributed by atoms with E-state index in [1.807, 2.05) is 0 Å². The van der Waals surface area contributed by atoms with Crippen molar-refractivity contribution < 1.29 is 14.0 Å². The zero-order valence-electron chi connectivity index (χ0n) is 13.7. The van der Waals surface area contributed by atoms with Crippen molar-refractivity contribution in [2.24, 2.45) is 5.16 Å². The molecule has 2 aliphatic rings. The van der Waals surface area contributed by atoms with Crippen molar-refractivity contribution in [3.63, 3.8) is 0 Å². The number of benzene rings is 1. The third-order valence-electron chi connectivity index (χ3n) is 4.63. The summed E-state index contributed by atoms with van der Waals surface area (Å²) < 4.78 is 12.9. The Morgan fingerprint density at radius 2 is 2.16 bits per heavy atom. The van der Waals surface area contributed by atoms with Gasteiger partial charge in [-0.15, -0.1) is 0 Å². The minimum Gasteiger partial charge on any atom is -0.390 e. The van der Waals surface area contributed by atoms with Gasteiger partial charge >= 0.3 is 0 Å². The first-order valence-electron chi connectivity index (χ1n) is 8.49. The molecule has 1 atom stereocenters. The number of amides is 1. The molecule has 1 amide bonds. The molecular weight excluding hydrogens is 323 g/mol. The van der Waals surface area contributed by atoms with Crippen LogP contribution >= 0.6 is 0 Å². The maximum Gasteiger partial charge on any atom is 0.272 e. The zero-order chi connectivity index (χ0) is 17.2.